The topological polar surface area (TPSA) is 24.1 Å². The fourth-order valence-electron chi connectivity index (χ4n) is 2.57. The van der Waals surface area contributed by atoms with Gasteiger partial charge in [0, 0.05) is 6.04 Å². The van der Waals surface area contributed by atoms with Gasteiger partial charge in [-0.25, -0.2) is 4.39 Å². The minimum absolute atomic E-state index is 0.140. The number of hydrogen-bond acceptors (Lipinski definition) is 2. The van der Waals surface area contributed by atoms with Gasteiger partial charge in [0.15, 0.2) is 0 Å². The van der Waals surface area contributed by atoms with E-state index in [1.54, 1.807) is 12.1 Å². The first-order valence-electron chi connectivity index (χ1n) is 6.95. The SMILES string of the molecule is Cc1cc(F)ccc1CCNC1CCCNCC1. The molecule has 1 unspecified atom stereocenters. The maximum Gasteiger partial charge on any atom is 0.123 e. The minimum atomic E-state index is -0.140. The Morgan fingerprint density at radius 3 is 3.06 bits per heavy atom. The lowest BCUT2D eigenvalue weighted by molar-refractivity contribution is 0.472. The normalized spacial score (nSPS) is 20.7. The summed E-state index contributed by atoms with van der Waals surface area (Å²) in [6.45, 7) is 5.23. The van der Waals surface area contributed by atoms with Gasteiger partial charge in [-0.15, -0.1) is 0 Å². The van der Waals surface area contributed by atoms with Crippen molar-refractivity contribution in [3.63, 3.8) is 0 Å². The third-order valence-electron chi connectivity index (χ3n) is 3.71. The lowest BCUT2D eigenvalue weighted by Gasteiger charge is -2.16. The van der Waals surface area contributed by atoms with Gasteiger partial charge in [-0.2, -0.15) is 0 Å². The Bertz CT molecular complexity index is 371. The van der Waals surface area contributed by atoms with Crippen molar-refractivity contribution in [2.45, 2.75) is 38.6 Å². The summed E-state index contributed by atoms with van der Waals surface area (Å²) in [5.41, 5.74) is 2.30. The van der Waals surface area contributed by atoms with Gasteiger partial charge in [-0.05, 0) is 75.5 Å². The van der Waals surface area contributed by atoms with Crippen molar-refractivity contribution in [2.24, 2.45) is 0 Å². The third kappa shape index (κ3) is 4.07. The first kappa shape index (κ1) is 13.5. The van der Waals surface area contributed by atoms with Crippen LogP contribution in [0, 0.1) is 12.7 Å². The second-order valence-corrected chi connectivity index (χ2v) is 5.15. The summed E-state index contributed by atoms with van der Waals surface area (Å²) < 4.78 is 13.0. The van der Waals surface area contributed by atoms with E-state index in [1.807, 2.05) is 13.0 Å². The van der Waals surface area contributed by atoms with Crippen LogP contribution in [0.25, 0.3) is 0 Å². The zero-order chi connectivity index (χ0) is 12.8. The molecule has 3 heteroatoms. The van der Waals surface area contributed by atoms with Crippen LogP contribution in [0.3, 0.4) is 0 Å². The summed E-state index contributed by atoms with van der Waals surface area (Å²) in [7, 11) is 0. The molecule has 0 spiro atoms. The van der Waals surface area contributed by atoms with Gasteiger partial charge in [-0.3, -0.25) is 0 Å². The summed E-state index contributed by atoms with van der Waals surface area (Å²) in [6.07, 6.45) is 4.71. The number of rotatable bonds is 4. The van der Waals surface area contributed by atoms with Crippen molar-refractivity contribution < 1.29 is 4.39 Å². The van der Waals surface area contributed by atoms with Crippen molar-refractivity contribution in [2.75, 3.05) is 19.6 Å². The molecular formula is C15H23FN2. The molecule has 1 heterocycles. The van der Waals surface area contributed by atoms with Crippen LogP contribution in [0.1, 0.15) is 30.4 Å². The number of aryl methyl sites for hydroxylation is 1. The molecule has 1 fully saturated rings. The van der Waals surface area contributed by atoms with Gasteiger partial charge in [0.25, 0.3) is 0 Å². The van der Waals surface area contributed by atoms with Crippen molar-refractivity contribution in [3.05, 3.63) is 35.1 Å². The second-order valence-electron chi connectivity index (χ2n) is 5.15. The fourth-order valence-corrected chi connectivity index (χ4v) is 2.57. The molecule has 1 aliphatic heterocycles. The van der Waals surface area contributed by atoms with Crippen LogP contribution in [0.15, 0.2) is 18.2 Å². The lowest BCUT2D eigenvalue weighted by atomic mass is 10.0. The molecule has 1 aromatic carbocycles. The van der Waals surface area contributed by atoms with Crippen LogP contribution < -0.4 is 10.6 Å². The summed E-state index contributed by atoms with van der Waals surface area (Å²) in [5, 5.41) is 7.04. The molecule has 0 radical (unpaired) electrons. The quantitative estimate of drug-likeness (QED) is 0.857. The highest BCUT2D eigenvalue weighted by Crippen LogP contribution is 2.11. The Kier molecular flexibility index (Phi) is 5.14. The van der Waals surface area contributed by atoms with Gasteiger partial charge in [0.2, 0.25) is 0 Å². The van der Waals surface area contributed by atoms with Crippen molar-refractivity contribution in [1.29, 1.82) is 0 Å². The first-order valence-corrected chi connectivity index (χ1v) is 6.95. The molecule has 0 amide bonds. The van der Waals surface area contributed by atoms with Crippen LogP contribution in [-0.2, 0) is 6.42 Å². The van der Waals surface area contributed by atoms with E-state index in [9.17, 15) is 4.39 Å². The van der Waals surface area contributed by atoms with Crippen LogP contribution in [0.2, 0.25) is 0 Å². The molecule has 0 saturated carbocycles. The summed E-state index contributed by atoms with van der Waals surface area (Å²) in [4.78, 5) is 0. The van der Waals surface area contributed by atoms with E-state index < -0.39 is 0 Å². The molecule has 0 bridgehead atoms. The number of nitrogens with one attached hydrogen (secondary N) is 2. The molecule has 0 aromatic heterocycles. The molecule has 18 heavy (non-hydrogen) atoms. The molecule has 1 saturated heterocycles. The smallest absolute Gasteiger partial charge is 0.123 e. The predicted molar refractivity (Wildman–Crippen MR) is 73.4 cm³/mol. The van der Waals surface area contributed by atoms with Gasteiger partial charge < -0.3 is 10.6 Å². The van der Waals surface area contributed by atoms with E-state index in [-0.39, 0.29) is 5.82 Å². The molecule has 2 nitrogen and oxygen atoms in total. The monoisotopic (exact) mass is 250 g/mol. The van der Waals surface area contributed by atoms with Crippen LogP contribution >= 0.6 is 0 Å². The summed E-state index contributed by atoms with van der Waals surface area (Å²) >= 11 is 0. The molecule has 2 rings (SSSR count). The number of hydrogen-bond donors (Lipinski definition) is 2. The van der Waals surface area contributed by atoms with Gasteiger partial charge in [0.1, 0.15) is 5.82 Å². The Morgan fingerprint density at radius 2 is 2.22 bits per heavy atom. The van der Waals surface area contributed by atoms with Crippen molar-refractivity contribution in [3.8, 4) is 0 Å². The maximum atomic E-state index is 13.0. The molecule has 1 aliphatic rings. The minimum Gasteiger partial charge on any atom is -0.317 e. The number of halogens is 1. The van der Waals surface area contributed by atoms with E-state index in [4.69, 9.17) is 0 Å². The lowest BCUT2D eigenvalue weighted by Crippen LogP contribution is -2.31. The van der Waals surface area contributed by atoms with E-state index in [0.29, 0.717) is 6.04 Å². The van der Waals surface area contributed by atoms with Gasteiger partial charge in [0.05, 0.1) is 0 Å². The van der Waals surface area contributed by atoms with Crippen LogP contribution in [0.4, 0.5) is 4.39 Å². The maximum absolute atomic E-state index is 13.0. The third-order valence-corrected chi connectivity index (χ3v) is 3.71. The van der Waals surface area contributed by atoms with Crippen LogP contribution in [0.5, 0.6) is 0 Å². The van der Waals surface area contributed by atoms with Gasteiger partial charge >= 0.3 is 0 Å². The zero-order valence-corrected chi connectivity index (χ0v) is 11.1. The largest absolute Gasteiger partial charge is 0.317 e. The van der Waals surface area contributed by atoms with Gasteiger partial charge in [-0.1, -0.05) is 6.07 Å². The Balaban J connectivity index is 1.77. The molecule has 0 aliphatic carbocycles. The fraction of sp³-hybridized carbons (Fsp3) is 0.600. The molecule has 1 aromatic rings. The average molecular weight is 250 g/mol. The second kappa shape index (κ2) is 6.86. The Labute approximate surface area is 109 Å². The summed E-state index contributed by atoms with van der Waals surface area (Å²) in [5.74, 6) is -0.140. The number of benzene rings is 1. The van der Waals surface area contributed by atoms with Crippen molar-refractivity contribution in [1.82, 2.24) is 10.6 Å². The molecule has 1 atom stereocenters. The van der Waals surface area contributed by atoms with E-state index in [2.05, 4.69) is 10.6 Å². The predicted octanol–water partition coefficient (Wildman–Crippen LogP) is 2.41. The Hall–Kier alpha value is -0.930. The molecular weight excluding hydrogens is 227 g/mol. The van der Waals surface area contributed by atoms with E-state index >= 15 is 0 Å². The van der Waals surface area contributed by atoms with Crippen molar-refractivity contribution >= 4 is 0 Å². The standard InChI is InChI=1S/C15H23FN2/c1-12-11-14(16)5-4-13(12)6-10-18-15-3-2-8-17-9-7-15/h4-5,11,15,17-18H,2-3,6-10H2,1H3. The van der Waals surface area contributed by atoms with E-state index in [0.717, 1.165) is 31.6 Å². The Morgan fingerprint density at radius 1 is 1.33 bits per heavy atom. The highest BCUT2D eigenvalue weighted by molar-refractivity contribution is 5.26. The summed E-state index contributed by atoms with van der Waals surface area (Å²) in [6, 6.07) is 5.71. The van der Waals surface area contributed by atoms with Crippen LogP contribution in [-0.4, -0.2) is 25.7 Å². The average Bonchev–Trinajstić information content (AvgIpc) is 2.60. The van der Waals surface area contributed by atoms with E-state index in [1.165, 1.54) is 24.8 Å². The first-order chi connectivity index (χ1) is 8.75. The molecule has 2 N–H and O–H groups in total. The highest BCUT2D eigenvalue weighted by atomic mass is 19.1. The molecule has 100 valence electrons. The zero-order valence-electron chi connectivity index (χ0n) is 11.1. The highest BCUT2D eigenvalue weighted by Gasteiger charge is 2.10.